The second-order valence-corrected chi connectivity index (χ2v) is 4.34. The average molecular weight is 266 g/mol. The van der Waals surface area contributed by atoms with Gasteiger partial charge in [0.15, 0.2) is 0 Å². The zero-order valence-electron chi connectivity index (χ0n) is 10.8. The van der Waals surface area contributed by atoms with Gasteiger partial charge < -0.3 is 16.8 Å². The van der Waals surface area contributed by atoms with Crippen LogP contribution in [0.4, 0.5) is 11.4 Å². The minimum absolute atomic E-state index is 0.349. The van der Waals surface area contributed by atoms with Crippen LogP contribution in [0.15, 0.2) is 42.5 Å². The number of hydrogen-bond acceptors (Lipinski definition) is 4. The Morgan fingerprint density at radius 2 is 2.05 bits per heavy atom. The lowest BCUT2D eigenvalue weighted by atomic mass is 10.1. The summed E-state index contributed by atoms with van der Waals surface area (Å²) in [6.45, 7) is 0.486. The maximum Gasteiger partial charge on any atom is 0.250 e. The van der Waals surface area contributed by atoms with Gasteiger partial charge in [0.2, 0.25) is 0 Å². The molecule has 0 fully saturated rings. The van der Waals surface area contributed by atoms with Crippen molar-refractivity contribution in [1.82, 2.24) is 0 Å². The molecule has 0 unspecified atom stereocenters. The van der Waals surface area contributed by atoms with Crippen LogP contribution in [0.3, 0.4) is 0 Å². The number of nitrogens with one attached hydrogen (secondary N) is 1. The lowest BCUT2D eigenvalue weighted by Gasteiger charge is -2.11. The van der Waals surface area contributed by atoms with Crippen LogP contribution in [0.1, 0.15) is 21.5 Å². The van der Waals surface area contributed by atoms with Crippen molar-refractivity contribution in [1.29, 1.82) is 5.26 Å². The Morgan fingerprint density at radius 1 is 1.25 bits per heavy atom. The Morgan fingerprint density at radius 3 is 2.75 bits per heavy atom. The normalized spacial score (nSPS) is 9.75. The summed E-state index contributed by atoms with van der Waals surface area (Å²) in [4.78, 5) is 11.4. The highest BCUT2D eigenvalue weighted by Crippen LogP contribution is 2.19. The summed E-state index contributed by atoms with van der Waals surface area (Å²) in [7, 11) is 0. The number of rotatable bonds is 4. The predicted molar refractivity (Wildman–Crippen MR) is 77.9 cm³/mol. The summed E-state index contributed by atoms with van der Waals surface area (Å²) in [5.41, 5.74) is 13.9. The van der Waals surface area contributed by atoms with E-state index in [2.05, 4.69) is 11.4 Å². The van der Waals surface area contributed by atoms with Gasteiger partial charge in [-0.15, -0.1) is 0 Å². The molecule has 0 atom stereocenters. The molecule has 0 aliphatic rings. The van der Waals surface area contributed by atoms with E-state index in [9.17, 15) is 4.79 Å². The first-order chi connectivity index (χ1) is 9.60. The summed E-state index contributed by atoms with van der Waals surface area (Å²) < 4.78 is 0. The molecule has 5 heteroatoms. The van der Waals surface area contributed by atoms with Crippen molar-refractivity contribution < 1.29 is 4.79 Å². The molecule has 0 aromatic heterocycles. The van der Waals surface area contributed by atoms with Crippen molar-refractivity contribution >= 4 is 17.3 Å². The van der Waals surface area contributed by atoms with E-state index in [4.69, 9.17) is 16.7 Å². The number of primary amides is 1. The van der Waals surface area contributed by atoms with Gasteiger partial charge in [0.05, 0.1) is 17.2 Å². The highest BCUT2D eigenvalue weighted by atomic mass is 16.1. The van der Waals surface area contributed by atoms with Crippen LogP contribution in [0.25, 0.3) is 0 Å². The van der Waals surface area contributed by atoms with Crippen molar-refractivity contribution in [3.63, 3.8) is 0 Å². The Labute approximate surface area is 116 Å². The largest absolute Gasteiger partial charge is 0.399 e. The van der Waals surface area contributed by atoms with Crippen LogP contribution in [0, 0.1) is 11.3 Å². The minimum Gasteiger partial charge on any atom is -0.399 e. The van der Waals surface area contributed by atoms with Gasteiger partial charge in [-0.1, -0.05) is 12.1 Å². The Kier molecular flexibility index (Phi) is 3.87. The second kappa shape index (κ2) is 5.76. The van der Waals surface area contributed by atoms with Crippen LogP contribution in [-0.2, 0) is 6.54 Å². The third kappa shape index (κ3) is 3.06. The first-order valence-corrected chi connectivity index (χ1v) is 6.02. The molecule has 0 bridgehead atoms. The van der Waals surface area contributed by atoms with E-state index >= 15 is 0 Å². The molecular formula is C15H14N4O. The molecule has 0 heterocycles. The van der Waals surface area contributed by atoms with E-state index in [1.54, 1.807) is 24.3 Å². The molecule has 100 valence electrons. The number of nitriles is 1. The maximum absolute atomic E-state index is 11.4. The lowest BCUT2D eigenvalue weighted by molar-refractivity contribution is 0.100. The second-order valence-electron chi connectivity index (χ2n) is 4.34. The van der Waals surface area contributed by atoms with Gasteiger partial charge in [-0.3, -0.25) is 4.79 Å². The fraction of sp³-hybridized carbons (Fsp3) is 0.0667. The number of amides is 1. The molecule has 0 aliphatic carbocycles. The van der Waals surface area contributed by atoms with Gasteiger partial charge in [0, 0.05) is 17.9 Å². The summed E-state index contributed by atoms with van der Waals surface area (Å²) >= 11 is 0. The number of carbonyl (C=O) groups is 1. The monoisotopic (exact) mass is 266 g/mol. The van der Waals surface area contributed by atoms with Crippen LogP contribution < -0.4 is 16.8 Å². The minimum atomic E-state index is -0.537. The standard InChI is InChI=1S/C15H14N4O/c16-8-10-2-1-3-11(6-10)9-19-14-5-4-12(17)7-13(14)15(18)20/h1-7,19H,9,17H2,(H2,18,20). The maximum atomic E-state index is 11.4. The van der Waals surface area contributed by atoms with Crippen molar-refractivity contribution in [3.8, 4) is 6.07 Å². The molecular weight excluding hydrogens is 252 g/mol. The first kappa shape index (κ1) is 13.4. The number of carbonyl (C=O) groups excluding carboxylic acids is 1. The van der Waals surface area contributed by atoms with Crippen LogP contribution in [0.2, 0.25) is 0 Å². The highest BCUT2D eigenvalue weighted by Gasteiger charge is 2.08. The van der Waals surface area contributed by atoms with E-state index in [0.717, 1.165) is 5.56 Å². The number of hydrogen-bond donors (Lipinski definition) is 3. The van der Waals surface area contributed by atoms with Gasteiger partial charge >= 0.3 is 0 Å². The molecule has 0 radical (unpaired) electrons. The van der Waals surface area contributed by atoms with Gasteiger partial charge in [-0.2, -0.15) is 5.26 Å². The number of nitrogens with two attached hydrogens (primary N) is 2. The number of benzene rings is 2. The Hall–Kier alpha value is -3.00. The molecule has 0 saturated carbocycles. The molecule has 2 rings (SSSR count). The topological polar surface area (TPSA) is 105 Å². The van der Waals surface area contributed by atoms with Crippen molar-refractivity contribution in [2.75, 3.05) is 11.1 Å². The van der Waals surface area contributed by atoms with E-state index < -0.39 is 5.91 Å². The molecule has 1 amide bonds. The quantitative estimate of drug-likeness (QED) is 0.734. The van der Waals surface area contributed by atoms with Crippen LogP contribution in [-0.4, -0.2) is 5.91 Å². The van der Waals surface area contributed by atoms with Gasteiger partial charge in [0.1, 0.15) is 0 Å². The molecule has 2 aromatic carbocycles. The number of nitrogen functional groups attached to an aromatic ring is 1. The van der Waals surface area contributed by atoms with Gasteiger partial charge in [-0.05, 0) is 35.9 Å². The van der Waals surface area contributed by atoms with Crippen LogP contribution >= 0.6 is 0 Å². The van der Waals surface area contributed by atoms with Crippen molar-refractivity contribution in [2.45, 2.75) is 6.54 Å². The summed E-state index contributed by atoms with van der Waals surface area (Å²) in [6, 6.07) is 14.3. The third-order valence-corrected chi connectivity index (χ3v) is 2.85. The molecule has 5 N–H and O–H groups in total. The predicted octanol–water partition coefficient (Wildman–Crippen LogP) is 1.85. The number of anilines is 2. The Balaban J connectivity index is 2.19. The zero-order chi connectivity index (χ0) is 14.5. The third-order valence-electron chi connectivity index (χ3n) is 2.85. The molecule has 2 aromatic rings. The SMILES string of the molecule is N#Cc1cccc(CNc2ccc(N)cc2C(N)=O)c1. The summed E-state index contributed by atoms with van der Waals surface area (Å²) in [5, 5.41) is 12.0. The fourth-order valence-corrected chi connectivity index (χ4v) is 1.87. The molecule has 20 heavy (non-hydrogen) atoms. The summed E-state index contributed by atoms with van der Waals surface area (Å²) in [5.74, 6) is -0.537. The van der Waals surface area contributed by atoms with E-state index in [1.165, 1.54) is 6.07 Å². The van der Waals surface area contributed by atoms with Gasteiger partial charge in [-0.25, -0.2) is 0 Å². The molecule has 0 aliphatic heterocycles. The number of nitrogens with zero attached hydrogens (tertiary/aromatic N) is 1. The highest BCUT2D eigenvalue weighted by molar-refractivity contribution is 5.99. The lowest BCUT2D eigenvalue weighted by Crippen LogP contribution is -2.15. The van der Waals surface area contributed by atoms with Gasteiger partial charge in [0.25, 0.3) is 5.91 Å². The van der Waals surface area contributed by atoms with E-state index in [-0.39, 0.29) is 0 Å². The van der Waals surface area contributed by atoms with Crippen molar-refractivity contribution in [3.05, 3.63) is 59.2 Å². The fourth-order valence-electron chi connectivity index (χ4n) is 1.87. The Bertz CT molecular complexity index is 689. The smallest absolute Gasteiger partial charge is 0.250 e. The first-order valence-electron chi connectivity index (χ1n) is 6.02. The zero-order valence-corrected chi connectivity index (χ0v) is 10.8. The summed E-state index contributed by atoms with van der Waals surface area (Å²) in [6.07, 6.45) is 0. The van der Waals surface area contributed by atoms with Crippen molar-refractivity contribution in [2.24, 2.45) is 5.73 Å². The van der Waals surface area contributed by atoms with Crippen LogP contribution in [0.5, 0.6) is 0 Å². The van der Waals surface area contributed by atoms with E-state index in [1.807, 2.05) is 12.1 Å². The average Bonchev–Trinajstić information content (AvgIpc) is 2.46. The molecule has 0 saturated heterocycles. The van der Waals surface area contributed by atoms with E-state index in [0.29, 0.717) is 29.0 Å². The molecule has 0 spiro atoms. The molecule has 5 nitrogen and oxygen atoms in total.